The third-order valence-corrected chi connectivity index (χ3v) is 3.84. The van der Waals surface area contributed by atoms with Crippen LogP contribution in [0.1, 0.15) is 33.8 Å². The number of carbonyl (C=O) groups is 1. The van der Waals surface area contributed by atoms with Gasteiger partial charge < -0.3 is 0 Å². The molecule has 0 saturated heterocycles. The van der Waals surface area contributed by atoms with Gasteiger partial charge in [0, 0.05) is 27.9 Å². The second kappa shape index (κ2) is 4.42. The predicted molar refractivity (Wildman–Crippen MR) is 73.7 cm³/mol. The van der Waals surface area contributed by atoms with E-state index in [0.717, 1.165) is 16.7 Å². The van der Waals surface area contributed by atoms with Crippen molar-refractivity contribution in [2.75, 3.05) is 0 Å². The fourth-order valence-corrected chi connectivity index (χ4v) is 2.77. The Morgan fingerprint density at radius 3 is 2.33 bits per heavy atom. The molecule has 1 aliphatic carbocycles. The molecule has 0 fully saturated rings. The Balaban J connectivity index is 2.07. The molecule has 1 aliphatic rings. The maximum atomic E-state index is 12.0. The van der Waals surface area contributed by atoms with Gasteiger partial charge in [0.15, 0.2) is 5.78 Å². The minimum Gasteiger partial charge on any atom is -0.294 e. The number of fused-ring (bicyclic) bond motifs is 1. The molecule has 2 aromatic carbocycles. The molecule has 1 nitrogen and oxygen atoms in total. The summed E-state index contributed by atoms with van der Waals surface area (Å²) in [6.07, 6.45) is 0.511. The van der Waals surface area contributed by atoms with Crippen LogP contribution >= 0.6 is 23.2 Å². The summed E-state index contributed by atoms with van der Waals surface area (Å²) in [6, 6.07) is 13.2. The molecule has 3 rings (SSSR count). The summed E-state index contributed by atoms with van der Waals surface area (Å²) < 4.78 is 0. The Bertz CT molecular complexity index is 617. The van der Waals surface area contributed by atoms with Gasteiger partial charge in [0.1, 0.15) is 0 Å². The van der Waals surface area contributed by atoms with Gasteiger partial charge in [-0.1, -0.05) is 41.4 Å². The standard InChI is InChI=1S/C15H10Cl2O/c16-10-3-1-9(2-4-10)13-8-15(18)14-7-11(17)5-6-12(13)14/h1-7,13H,8H2/t13-/m1/s1. The van der Waals surface area contributed by atoms with Gasteiger partial charge in [-0.3, -0.25) is 4.79 Å². The summed E-state index contributed by atoms with van der Waals surface area (Å²) in [5.74, 6) is 0.287. The first-order valence-electron chi connectivity index (χ1n) is 5.73. The van der Waals surface area contributed by atoms with Crippen molar-refractivity contribution in [3.8, 4) is 0 Å². The van der Waals surface area contributed by atoms with Gasteiger partial charge in [0.2, 0.25) is 0 Å². The number of halogens is 2. The average Bonchev–Trinajstić information content (AvgIpc) is 2.68. The van der Waals surface area contributed by atoms with E-state index in [1.807, 2.05) is 36.4 Å². The van der Waals surface area contributed by atoms with Crippen molar-refractivity contribution < 1.29 is 4.79 Å². The number of carbonyl (C=O) groups excluding carboxylic acids is 1. The van der Waals surface area contributed by atoms with E-state index in [4.69, 9.17) is 23.2 Å². The fraction of sp³-hybridized carbons (Fsp3) is 0.133. The van der Waals surface area contributed by atoms with Crippen molar-refractivity contribution in [1.29, 1.82) is 0 Å². The van der Waals surface area contributed by atoms with E-state index in [-0.39, 0.29) is 11.7 Å². The van der Waals surface area contributed by atoms with E-state index < -0.39 is 0 Å². The average molecular weight is 277 g/mol. The van der Waals surface area contributed by atoms with Crippen molar-refractivity contribution >= 4 is 29.0 Å². The van der Waals surface area contributed by atoms with Crippen LogP contribution in [0.5, 0.6) is 0 Å². The normalized spacial score (nSPS) is 17.9. The summed E-state index contributed by atoms with van der Waals surface area (Å²) in [6.45, 7) is 0. The summed E-state index contributed by atoms with van der Waals surface area (Å²) in [5, 5.41) is 1.32. The predicted octanol–water partition coefficient (Wildman–Crippen LogP) is 4.71. The molecule has 0 aliphatic heterocycles. The highest BCUT2D eigenvalue weighted by Gasteiger charge is 2.30. The molecule has 18 heavy (non-hydrogen) atoms. The van der Waals surface area contributed by atoms with Crippen LogP contribution in [-0.4, -0.2) is 5.78 Å². The molecule has 90 valence electrons. The first-order valence-corrected chi connectivity index (χ1v) is 6.49. The zero-order valence-corrected chi connectivity index (χ0v) is 11.0. The number of hydrogen-bond donors (Lipinski definition) is 0. The number of rotatable bonds is 1. The Kier molecular flexibility index (Phi) is 2.89. The Morgan fingerprint density at radius 1 is 0.944 bits per heavy atom. The lowest BCUT2D eigenvalue weighted by Gasteiger charge is -2.11. The minimum atomic E-state index is 0.127. The molecule has 0 amide bonds. The molecule has 0 saturated carbocycles. The Labute approximate surface area is 115 Å². The van der Waals surface area contributed by atoms with Gasteiger partial charge in [-0.15, -0.1) is 0 Å². The maximum absolute atomic E-state index is 12.0. The van der Waals surface area contributed by atoms with Crippen LogP contribution < -0.4 is 0 Å². The van der Waals surface area contributed by atoms with Gasteiger partial charge in [0.05, 0.1) is 0 Å². The summed E-state index contributed by atoms with van der Waals surface area (Å²) in [7, 11) is 0. The molecule has 0 spiro atoms. The zero-order valence-electron chi connectivity index (χ0n) is 9.49. The Morgan fingerprint density at radius 2 is 1.61 bits per heavy atom. The molecule has 0 unspecified atom stereocenters. The minimum absolute atomic E-state index is 0.127. The molecule has 0 aromatic heterocycles. The Hall–Kier alpha value is -1.31. The third-order valence-electron chi connectivity index (χ3n) is 3.35. The van der Waals surface area contributed by atoms with Crippen LogP contribution in [0.2, 0.25) is 10.0 Å². The molecule has 0 N–H and O–H groups in total. The van der Waals surface area contributed by atoms with Crippen molar-refractivity contribution in [3.05, 3.63) is 69.2 Å². The van der Waals surface area contributed by atoms with Crippen LogP contribution in [0, 0.1) is 0 Å². The van der Waals surface area contributed by atoms with E-state index in [1.165, 1.54) is 0 Å². The van der Waals surface area contributed by atoms with Crippen molar-refractivity contribution in [2.45, 2.75) is 12.3 Å². The van der Waals surface area contributed by atoms with E-state index in [2.05, 4.69) is 0 Å². The third kappa shape index (κ3) is 1.94. The zero-order chi connectivity index (χ0) is 12.7. The summed E-state index contributed by atoms with van der Waals surface area (Å²) >= 11 is 11.8. The van der Waals surface area contributed by atoms with Crippen molar-refractivity contribution in [3.63, 3.8) is 0 Å². The van der Waals surface area contributed by atoms with Crippen molar-refractivity contribution in [2.24, 2.45) is 0 Å². The van der Waals surface area contributed by atoms with Crippen LogP contribution in [0.4, 0.5) is 0 Å². The van der Waals surface area contributed by atoms with E-state index >= 15 is 0 Å². The van der Waals surface area contributed by atoms with E-state index in [9.17, 15) is 4.79 Å². The quantitative estimate of drug-likeness (QED) is 0.737. The lowest BCUT2D eigenvalue weighted by molar-refractivity contribution is 0.0991. The number of hydrogen-bond acceptors (Lipinski definition) is 1. The lowest BCUT2D eigenvalue weighted by atomic mass is 9.93. The SMILES string of the molecule is O=C1C[C@H](c2ccc(Cl)cc2)c2ccc(Cl)cc21. The molecule has 2 aromatic rings. The number of Topliss-reactive ketones (excluding diaryl/α,β-unsaturated/α-hetero) is 1. The summed E-state index contributed by atoms with van der Waals surface area (Å²) in [5.41, 5.74) is 2.93. The van der Waals surface area contributed by atoms with Gasteiger partial charge in [0.25, 0.3) is 0 Å². The largest absolute Gasteiger partial charge is 0.294 e. The number of benzene rings is 2. The van der Waals surface area contributed by atoms with Gasteiger partial charge >= 0.3 is 0 Å². The van der Waals surface area contributed by atoms with Gasteiger partial charge in [-0.2, -0.15) is 0 Å². The first-order chi connectivity index (χ1) is 8.65. The fourth-order valence-electron chi connectivity index (χ4n) is 2.47. The lowest BCUT2D eigenvalue weighted by Crippen LogP contribution is -1.96. The summed E-state index contributed by atoms with van der Waals surface area (Å²) in [4.78, 5) is 12.0. The molecular weight excluding hydrogens is 267 g/mol. The smallest absolute Gasteiger partial charge is 0.164 e. The first kappa shape index (κ1) is 11.8. The van der Waals surface area contributed by atoms with Crippen LogP contribution in [0.25, 0.3) is 0 Å². The monoisotopic (exact) mass is 276 g/mol. The highest BCUT2D eigenvalue weighted by molar-refractivity contribution is 6.31. The molecule has 0 bridgehead atoms. The van der Waals surface area contributed by atoms with Crippen molar-refractivity contribution in [1.82, 2.24) is 0 Å². The molecular formula is C15H10Cl2O. The molecule has 3 heteroatoms. The topological polar surface area (TPSA) is 17.1 Å². The molecule has 1 atom stereocenters. The van der Waals surface area contributed by atoms with Crippen LogP contribution in [0.3, 0.4) is 0 Å². The van der Waals surface area contributed by atoms with Crippen LogP contribution in [-0.2, 0) is 0 Å². The van der Waals surface area contributed by atoms with Gasteiger partial charge in [-0.05, 0) is 35.4 Å². The molecule has 0 heterocycles. The second-order valence-corrected chi connectivity index (χ2v) is 5.34. The van der Waals surface area contributed by atoms with Gasteiger partial charge in [-0.25, -0.2) is 0 Å². The molecule has 0 radical (unpaired) electrons. The maximum Gasteiger partial charge on any atom is 0.164 e. The highest BCUT2D eigenvalue weighted by Crippen LogP contribution is 2.39. The number of ketones is 1. The van der Waals surface area contributed by atoms with E-state index in [0.29, 0.717) is 16.5 Å². The highest BCUT2D eigenvalue weighted by atomic mass is 35.5. The van der Waals surface area contributed by atoms with Crippen LogP contribution in [0.15, 0.2) is 42.5 Å². The van der Waals surface area contributed by atoms with E-state index in [1.54, 1.807) is 6.07 Å². The second-order valence-electron chi connectivity index (χ2n) is 4.46.